The molecule has 0 radical (unpaired) electrons. The van der Waals surface area contributed by atoms with Gasteiger partial charge in [-0.1, -0.05) is 6.92 Å². The first-order valence-electron chi connectivity index (χ1n) is 4.66. The van der Waals surface area contributed by atoms with Crippen molar-refractivity contribution in [1.82, 2.24) is 0 Å². The highest BCUT2D eigenvalue weighted by Gasteiger charge is 2.37. The normalized spacial score (nSPS) is 42.7. The molecule has 0 heterocycles. The molecule has 1 fully saturated rings. The van der Waals surface area contributed by atoms with Gasteiger partial charge in [0, 0.05) is 5.92 Å². The zero-order valence-electron chi connectivity index (χ0n) is 8.13. The lowest BCUT2D eigenvalue weighted by molar-refractivity contribution is -0.127. The summed E-state index contributed by atoms with van der Waals surface area (Å²) in [6, 6.07) is 0. The standard InChI is InChI=1S/C10H18O2/c1-7-4-5-9(8(2)11)6-10(7,3)12/h7,9,12H,4-6H2,1-3H3. The topological polar surface area (TPSA) is 37.3 Å². The Morgan fingerprint density at radius 1 is 1.50 bits per heavy atom. The summed E-state index contributed by atoms with van der Waals surface area (Å²) in [5.41, 5.74) is -0.630. The Kier molecular flexibility index (Phi) is 2.57. The van der Waals surface area contributed by atoms with Crippen molar-refractivity contribution in [3.05, 3.63) is 0 Å². The molecule has 1 N–H and O–H groups in total. The summed E-state index contributed by atoms with van der Waals surface area (Å²) in [5, 5.41) is 9.91. The van der Waals surface area contributed by atoms with Crippen molar-refractivity contribution in [3.8, 4) is 0 Å². The van der Waals surface area contributed by atoms with E-state index in [1.165, 1.54) is 0 Å². The van der Waals surface area contributed by atoms with Crippen molar-refractivity contribution >= 4 is 5.78 Å². The first kappa shape index (κ1) is 9.72. The van der Waals surface area contributed by atoms with Gasteiger partial charge in [0.1, 0.15) is 5.78 Å². The number of rotatable bonds is 1. The lowest BCUT2D eigenvalue weighted by Gasteiger charge is -2.38. The van der Waals surface area contributed by atoms with Crippen LogP contribution < -0.4 is 0 Å². The summed E-state index contributed by atoms with van der Waals surface area (Å²) >= 11 is 0. The molecule has 0 amide bonds. The van der Waals surface area contributed by atoms with Crippen molar-refractivity contribution < 1.29 is 9.90 Å². The molecule has 0 aromatic heterocycles. The van der Waals surface area contributed by atoms with E-state index in [0.717, 1.165) is 12.8 Å². The molecule has 0 bridgehead atoms. The monoisotopic (exact) mass is 170 g/mol. The van der Waals surface area contributed by atoms with Crippen molar-refractivity contribution in [1.29, 1.82) is 0 Å². The Hall–Kier alpha value is -0.370. The highest BCUT2D eigenvalue weighted by molar-refractivity contribution is 5.78. The molecule has 1 aliphatic carbocycles. The molecule has 2 nitrogen and oxygen atoms in total. The molecule has 2 heteroatoms. The Bertz CT molecular complexity index is 184. The van der Waals surface area contributed by atoms with Crippen molar-refractivity contribution in [2.75, 3.05) is 0 Å². The minimum Gasteiger partial charge on any atom is -0.390 e. The smallest absolute Gasteiger partial charge is 0.133 e. The van der Waals surface area contributed by atoms with Crippen LogP contribution in [0.25, 0.3) is 0 Å². The van der Waals surface area contributed by atoms with Crippen LogP contribution in [0.5, 0.6) is 0 Å². The Morgan fingerprint density at radius 3 is 2.50 bits per heavy atom. The molecule has 1 rings (SSSR count). The molecule has 1 aliphatic rings. The average Bonchev–Trinajstić information content (AvgIpc) is 1.94. The number of carbonyl (C=O) groups excluding carboxylic acids is 1. The van der Waals surface area contributed by atoms with Crippen LogP contribution in [-0.2, 0) is 4.79 Å². The van der Waals surface area contributed by atoms with Crippen LogP contribution >= 0.6 is 0 Å². The highest BCUT2D eigenvalue weighted by Crippen LogP contribution is 2.36. The largest absolute Gasteiger partial charge is 0.390 e. The predicted molar refractivity (Wildman–Crippen MR) is 47.8 cm³/mol. The highest BCUT2D eigenvalue weighted by atomic mass is 16.3. The van der Waals surface area contributed by atoms with Crippen molar-refractivity contribution in [3.63, 3.8) is 0 Å². The number of ketones is 1. The molecule has 0 saturated heterocycles. The maximum atomic E-state index is 11.1. The second kappa shape index (κ2) is 3.17. The van der Waals surface area contributed by atoms with Gasteiger partial charge in [0.15, 0.2) is 0 Å². The van der Waals surface area contributed by atoms with E-state index in [9.17, 15) is 9.90 Å². The molecule has 0 spiro atoms. The minimum absolute atomic E-state index is 0.0937. The van der Waals surface area contributed by atoms with Crippen LogP contribution in [0.1, 0.15) is 40.0 Å². The van der Waals surface area contributed by atoms with Gasteiger partial charge in [-0.05, 0) is 39.0 Å². The number of hydrogen-bond acceptors (Lipinski definition) is 2. The molecule has 12 heavy (non-hydrogen) atoms. The van der Waals surface area contributed by atoms with Gasteiger partial charge in [-0.2, -0.15) is 0 Å². The Labute approximate surface area is 74.0 Å². The van der Waals surface area contributed by atoms with E-state index in [1.807, 2.05) is 6.92 Å². The van der Waals surface area contributed by atoms with Gasteiger partial charge in [-0.3, -0.25) is 4.79 Å². The molecular formula is C10H18O2. The fourth-order valence-corrected chi connectivity index (χ4v) is 1.91. The van der Waals surface area contributed by atoms with E-state index in [2.05, 4.69) is 6.92 Å². The SMILES string of the molecule is CC(=O)C1CCC(C)C(C)(O)C1. The van der Waals surface area contributed by atoms with Crippen LogP contribution in [0.4, 0.5) is 0 Å². The number of aliphatic hydroxyl groups is 1. The predicted octanol–water partition coefficient (Wildman–Crippen LogP) is 1.76. The van der Waals surface area contributed by atoms with Gasteiger partial charge >= 0.3 is 0 Å². The van der Waals surface area contributed by atoms with Crippen molar-refractivity contribution in [2.45, 2.75) is 45.6 Å². The van der Waals surface area contributed by atoms with E-state index < -0.39 is 5.60 Å². The van der Waals surface area contributed by atoms with Crippen LogP contribution in [0.2, 0.25) is 0 Å². The van der Waals surface area contributed by atoms with Gasteiger partial charge in [-0.15, -0.1) is 0 Å². The lowest BCUT2D eigenvalue weighted by atomic mass is 9.71. The van der Waals surface area contributed by atoms with Gasteiger partial charge in [-0.25, -0.2) is 0 Å². The molecule has 0 aliphatic heterocycles. The van der Waals surface area contributed by atoms with E-state index in [0.29, 0.717) is 12.3 Å². The van der Waals surface area contributed by atoms with Crippen LogP contribution in [0.3, 0.4) is 0 Å². The summed E-state index contributed by atoms with van der Waals surface area (Å²) < 4.78 is 0. The van der Waals surface area contributed by atoms with E-state index in [4.69, 9.17) is 0 Å². The zero-order valence-corrected chi connectivity index (χ0v) is 8.13. The van der Waals surface area contributed by atoms with Crippen LogP contribution in [0.15, 0.2) is 0 Å². The maximum absolute atomic E-state index is 11.1. The first-order chi connectivity index (χ1) is 5.43. The van der Waals surface area contributed by atoms with Gasteiger partial charge < -0.3 is 5.11 Å². The lowest BCUT2D eigenvalue weighted by Crippen LogP contribution is -2.40. The van der Waals surface area contributed by atoms with E-state index >= 15 is 0 Å². The summed E-state index contributed by atoms with van der Waals surface area (Å²) in [6.45, 7) is 5.51. The molecule has 1 saturated carbocycles. The number of hydrogen-bond donors (Lipinski definition) is 1. The molecular weight excluding hydrogens is 152 g/mol. The third-order valence-electron chi connectivity index (χ3n) is 3.24. The molecule has 3 atom stereocenters. The second-order valence-corrected chi connectivity index (χ2v) is 4.35. The number of carbonyl (C=O) groups is 1. The van der Waals surface area contributed by atoms with Crippen LogP contribution in [-0.4, -0.2) is 16.5 Å². The fourth-order valence-electron chi connectivity index (χ4n) is 1.91. The van der Waals surface area contributed by atoms with Gasteiger partial charge in [0.2, 0.25) is 0 Å². The molecule has 3 unspecified atom stereocenters. The summed E-state index contributed by atoms with van der Waals surface area (Å²) in [6.07, 6.45) is 2.56. The zero-order chi connectivity index (χ0) is 9.35. The summed E-state index contributed by atoms with van der Waals surface area (Å²) in [7, 11) is 0. The third kappa shape index (κ3) is 1.86. The van der Waals surface area contributed by atoms with Crippen molar-refractivity contribution in [2.24, 2.45) is 11.8 Å². The first-order valence-corrected chi connectivity index (χ1v) is 4.66. The van der Waals surface area contributed by atoms with E-state index in [1.54, 1.807) is 6.92 Å². The molecule has 70 valence electrons. The summed E-state index contributed by atoms with van der Waals surface area (Å²) in [5.74, 6) is 0.645. The van der Waals surface area contributed by atoms with Crippen LogP contribution in [0, 0.1) is 11.8 Å². The Balaban J connectivity index is 2.63. The second-order valence-electron chi connectivity index (χ2n) is 4.35. The molecule has 0 aromatic carbocycles. The fraction of sp³-hybridized carbons (Fsp3) is 0.900. The van der Waals surface area contributed by atoms with Gasteiger partial charge in [0.25, 0.3) is 0 Å². The summed E-state index contributed by atoms with van der Waals surface area (Å²) in [4.78, 5) is 11.1. The molecule has 0 aromatic rings. The minimum atomic E-state index is -0.630. The van der Waals surface area contributed by atoms with E-state index in [-0.39, 0.29) is 11.7 Å². The quantitative estimate of drug-likeness (QED) is 0.651. The number of Topliss-reactive ketones (excluding diaryl/α,β-unsaturated/α-hetero) is 1. The Morgan fingerprint density at radius 2 is 2.08 bits per heavy atom. The third-order valence-corrected chi connectivity index (χ3v) is 3.24. The van der Waals surface area contributed by atoms with Gasteiger partial charge in [0.05, 0.1) is 5.60 Å². The average molecular weight is 170 g/mol. The maximum Gasteiger partial charge on any atom is 0.133 e.